The summed E-state index contributed by atoms with van der Waals surface area (Å²) < 4.78 is 38.3. The predicted molar refractivity (Wildman–Crippen MR) is 65.4 cm³/mol. The van der Waals surface area contributed by atoms with Gasteiger partial charge in [-0.05, 0) is 12.1 Å². The van der Waals surface area contributed by atoms with Gasteiger partial charge in [-0.15, -0.1) is 0 Å². The molecule has 1 aromatic carbocycles. The summed E-state index contributed by atoms with van der Waals surface area (Å²) in [7, 11) is 0. The third-order valence-electron chi connectivity index (χ3n) is 2.25. The van der Waals surface area contributed by atoms with E-state index in [-0.39, 0.29) is 11.6 Å². The second-order valence-electron chi connectivity index (χ2n) is 3.70. The van der Waals surface area contributed by atoms with E-state index in [1.807, 2.05) is 0 Å². The van der Waals surface area contributed by atoms with Crippen molar-refractivity contribution in [3.63, 3.8) is 0 Å². The van der Waals surface area contributed by atoms with E-state index in [9.17, 15) is 13.2 Å². The molecule has 2 N–H and O–H groups in total. The number of rotatable bonds is 3. The molecule has 0 aliphatic rings. The number of aliphatic hydroxyl groups is 1. The van der Waals surface area contributed by atoms with Crippen LogP contribution in [-0.4, -0.2) is 15.1 Å². The number of nitrogens with zero attached hydrogens (tertiary/aromatic N) is 2. The van der Waals surface area contributed by atoms with Crippen molar-refractivity contribution in [3.8, 4) is 0 Å². The Hall–Kier alpha value is -2.04. The lowest BCUT2D eigenvalue weighted by molar-refractivity contribution is -0.142. The van der Waals surface area contributed by atoms with Gasteiger partial charge in [-0.2, -0.15) is 13.2 Å². The number of hydrogen-bond donors (Lipinski definition) is 2. The number of alkyl halides is 3. The van der Waals surface area contributed by atoms with Crippen LogP contribution in [0.3, 0.4) is 0 Å². The van der Waals surface area contributed by atoms with Crippen molar-refractivity contribution in [1.82, 2.24) is 9.97 Å². The minimum absolute atomic E-state index is 0.276. The minimum Gasteiger partial charge on any atom is -0.392 e. The van der Waals surface area contributed by atoms with Crippen LogP contribution in [0.4, 0.5) is 24.8 Å². The van der Waals surface area contributed by atoms with Crippen molar-refractivity contribution in [3.05, 3.63) is 46.7 Å². The summed E-state index contributed by atoms with van der Waals surface area (Å²) >= 11 is 5.72. The average molecular weight is 302 g/mol. The highest BCUT2D eigenvalue weighted by molar-refractivity contribution is 6.30. The van der Waals surface area contributed by atoms with Crippen LogP contribution in [-0.2, 0) is 12.8 Å². The van der Waals surface area contributed by atoms with Gasteiger partial charge in [-0.3, -0.25) is 0 Å². The van der Waals surface area contributed by atoms with Crippen LogP contribution in [0.15, 0.2) is 18.3 Å². The van der Waals surface area contributed by atoms with Gasteiger partial charge in [-0.1, -0.05) is 17.7 Å². The van der Waals surface area contributed by atoms with Crippen LogP contribution >= 0.6 is 11.6 Å². The third-order valence-corrected chi connectivity index (χ3v) is 2.47. The first kappa shape index (κ1) is 14.4. The molecule has 4 nitrogen and oxygen atoms in total. The molecule has 2 rings (SSSR count). The molecule has 0 spiro atoms. The zero-order valence-corrected chi connectivity index (χ0v) is 10.5. The van der Waals surface area contributed by atoms with Crippen LogP contribution < -0.4 is 5.32 Å². The molecule has 0 amide bonds. The van der Waals surface area contributed by atoms with E-state index < -0.39 is 24.0 Å². The van der Waals surface area contributed by atoms with E-state index in [0.29, 0.717) is 5.02 Å². The van der Waals surface area contributed by atoms with E-state index in [4.69, 9.17) is 16.7 Å². The van der Waals surface area contributed by atoms with Crippen LogP contribution in [0.5, 0.6) is 0 Å². The monoisotopic (exact) mass is 301 g/mol. The Balaban J connectivity index is 2.34. The summed E-state index contributed by atoms with van der Waals surface area (Å²) in [6, 6.07) is 8.08. The van der Waals surface area contributed by atoms with Gasteiger partial charge in [0, 0.05) is 17.8 Å². The third kappa shape index (κ3) is 3.29. The summed E-state index contributed by atoms with van der Waals surface area (Å²) in [5, 5.41) is 11.7. The highest BCUT2D eigenvalue weighted by Crippen LogP contribution is 2.31. The van der Waals surface area contributed by atoms with E-state index in [0.717, 1.165) is 6.20 Å². The van der Waals surface area contributed by atoms with Gasteiger partial charge >= 0.3 is 6.18 Å². The summed E-state index contributed by atoms with van der Waals surface area (Å²) in [5.74, 6) is -0.276. The van der Waals surface area contributed by atoms with E-state index >= 15 is 0 Å². The zero-order valence-electron chi connectivity index (χ0n) is 9.79. The maximum Gasteiger partial charge on any atom is 0.433 e. The molecule has 20 heavy (non-hydrogen) atoms. The number of aliphatic hydroxyl groups excluding tert-OH is 1. The lowest BCUT2D eigenvalue weighted by Crippen LogP contribution is -2.14. The first-order chi connectivity index (χ1) is 9.40. The summed E-state index contributed by atoms with van der Waals surface area (Å²) in [5.41, 5.74) is -1.31. The molecule has 2 aromatic rings. The van der Waals surface area contributed by atoms with Crippen molar-refractivity contribution >= 4 is 23.2 Å². The molecule has 104 valence electrons. The Morgan fingerprint density at radius 1 is 1.40 bits per heavy atom. The van der Waals surface area contributed by atoms with E-state index in [1.54, 1.807) is 0 Å². The second-order valence-corrected chi connectivity index (χ2v) is 4.14. The van der Waals surface area contributed by atoms with Gasteiger partial charge in [0.15, 0.2) is 5.69 Å². The van der Waals surface area contributed by atoms with Crippen LogP contribution in [0, 0.1) is 12.1 Å². The Morgan fingerprint density at radius 2 is 2.15 bits per heavy atom. The second kappa shape index (κ2) is 5.53. The SMILES string of the molecule is OCc1cnc(Nc2c#ccc(Cl)c2)nc1C(F)(F)F. The van der Waals surface area contributed by atoms with Gasteiger partial charge in [0.2, 0.25) is 5.95 Å². The molecule has 0 saturated heterocycles. The van der Waals surface area contributed by atoms with Crippen molar-refractivity contribution < 1.29 is 18.3 Å². The number of aromatic nitrogens is 2. The molecular formula is C12H7ClF3N3O. The fourth-order valence-corrected chi connectivity index (χ4v) is 1.58. The normalized spacial score (nSPS) is 11.1. The lowest BCUT2D eigenvalue weighted by atomic mass is 10.2. The van der Waals surface area contributed by atoms with Gasteiger partial charge in [0.1, 0.15) is 0 Å². The Kier molecular flexibility index (Phi) is 3.97. The number of anilines is 2. The molecule has 0 radical (unpaired) electrons. The van der Waals surface area contributed by atoms with Gasteiger partial charge in [-0.25, -0.2) is 9.97 Å². The molecule has 1 heterocycles. The molecule has 0 aliphatic carbocycles. The van der Waals surface area contributed by atoms with Gasteiger partial charge in [0.05, 0.1) is 17.3 Å². The van der Waals surface area contributed by atoms with Crippen molar-refractivity contribution in [2.24, 2.45) is 0 Å². The van der Waals surface area contributed by atoms with E-state index in [2.05, 4.69) is 27.4 Å². The minimum atomic E-state index is -4.68. The van der Waals surface area contributed by atoms with Gasteiger partial charge in [0.25, 0.3) is 0 Å². The topological polar surface area (TPSA) is 58.0 Å². The van der Waals surface area contributed by atoms with Crippen LogP contribution in [0.2, 0.25) is 5.02 Å². The largest absolute Gasteiger partial charge is 0.433 e. The van der Waals surface area contributed by atoms with Crippen molar-refractivity contribution in [2.75, 3.05) is 5.32 Å². The highest BCUT2D eigenvalue weighted by Gasteiger charge is 2.35. The molecule has 0 unspecified atom stereocenters. The summed E-state index contributed by atoms with van der Waals surface area (Å²) in [6.45, 7) is -0.799. The summed E-state index contributed by atoms with van der Waals surface area (Å²) in [6.07, 6.45) is -3.77. The maximum atomic E-state index is 12.8. The quantitative estimate of drug-likeness (QED) is 0.915. The van der Waals surface area contributed by atoms with Crippen LogP contribution in [0.1, 0.15) is 11.3 Å². The lowest BCUT2D eigenvalue weighted by Gasteiger charge is -2.11. The first-order valence-corrected chi connectivity index (χ1v) is 5.68. The Labute approximate surface area is 117 Å². The maximum absolute atomic E-state index is 12.8. The van der Waals surface area contributed by atoms with Gasteiger partial charge < -0.3 is 10.4 Å². The first-order valence-electron chi connectivity index (χ1n) is 5.30. The van der Waals surface area contributed by atoms with Crippen molar-refractivity contribution in [1.29, 1.82) is 0 Å². The molecule has 0 saturated carbocycles. The highest BCUT2D eigenvalue weighted by atomic mass is 35.5. The molecule has 0 atom stereocenters. The Morgan fingerprint density at radius 3 is 2.75 bits per heavy atom. The van der Waals surface area contributed by atoms with E-state index in [1.165, 1.54) is 12.1 Å². The smallest absolute Gasteiger partial charge is 0.392 e. The van der Waals surface area contributed by atoms with Crippen LogP contribution in [0.25, 0.3) is 0 Å². The fourth-order valence-electron chi connectivity index (χ4n) is 1.41. The standard InChI is InChI=1S/C12H7ClF3N3O/c13-8-2-1-3-9(4-8)18-11-17-5-7(6-20)10(19-11)12(14,15)16/h2,4-5,20H,6H2,(H,17,18,19). The van der Waals surface area contributed by atoms with Crippen molar-refractivity contribution in [2.45, 2.75) is 12.8 Å². The fraction of sp³-hybridized carbons (Fsp3) is 0.167. The summed E-state index contributed by atoms with van der Waals surface area (Å²) in [4.78, 5) is 7.05. The number of halogens is 4. The Bertz CT molecular complexity index is 619. The molecule has 0 aliphatic heterocycles. The zero-order chi connectivity index (χ0) is 14.8. The predicted octanol–water partition coefficient (Wildman–Crippen LogP) is 2.99. The number of nitrogens with one attached hydrogen (secondary N) is 1. The molecule has 0 fully saturated rings. The molecule has 8 heteroatoms. The molecule has 1 aromatic heterocycles. The molecular weight excluding hydrogens is 295 g/mol. The number of hydrogen-bond acceptors (Lipinski definition) is 4. The average Bonchev–Trinajstić information content (AvgIpc) is 2.37. The molecule has 0 bridgehead atoms.